The molecule has 0 radical (unpaired) electrons. The maximum absolute atomic E-state index is 13.2. The van der Waals surface area contributed by atoms with Gasteiger partial charge in [-0.15, -0.1) is 0 Å². The number of aliphatic hydroxyl groups excluding tert-OH is 1. The third-order valence-corrected chi connectivity index (χ3v) is 5.51. The number of carbonyl (C=O) groups excluding carboxylic acids is 2. The molecule has 0 aliphatic carbocycles. The van der Waals surface area contributed by atoms with Crippen LogP contribution in [-0.2, 0) is 9.59 Å². The summed E-state index contributed by atoms with van der Waals surface area (Å²) in [4.78, 5) is 27.8. The second kappa shape index (κ2) is 8.86. The van der Waals surface area contributed by atoms with Gasteiger partial charge >= 0.3 is 0 Å². The molecule has 170 valence electrons. The van der Waals surface area contributed by atoms with Gasteiger partial charge in [-0.25, -0.2) is 0 Å². The number of benzene rings is 2. The third-order valence-electron chi connectivity index (χ3n) is 5.51. The first-order chi connectivity index (χ1) is 15.8. The SMILES string of the molecule is CCOc1ccc(N2C(=O)C(=O)/C(=C(/O)c3cc(C)ccc3OC)C2c2ccc(C)o2)cc1. The second-order valence-electron chi connectivity index (χ2n) is 7.75. The molecule has 1 amide bonds. The van der Waals surface area contributed by atoms with E-state index >= 15 is 0 Å². The molecule has 0 spiro atoms. The third kappa shape index (κ3) is 3.98. The van der Waals surface area contributed by atoms with Crippen LogP contribution in [0.4, 0.5) is 5.69 Å². The fourth-order valence-electron chi connectivity index (χ4n) is 3.99. The minimum atomic E-state index is -0.943. The van der Waals surface area contributed by atoms with Crippen molar-refractivity contribution in [1.29, 1.82) is 0 Å². The summed E-state index contributed by atoms with van der Waals surface area (Å²) in [5.74, 6) is 0.147. The van der Waals surface area contributed by atoms with Gasteiger partial charge in [-0.05, 0) is 69.3 Å². The minimum absolute atomic E-state index is 0.0628. The standard InChI is InChI=1S/C26H25NO6/c1-5-32-18-10-8-17(9-11-18)27-23(21-13-7-16(3)33-21)22(25(29)26(27)30)24(28)19-14-15(2)6-12-20(19)31-4/h6-14,23,28H,5H2,1-4H3/b24-22+. The van der Waals surface area contributed by atoms with Gasteiger partial charge in [0, 0.05) is 5.69 Å². The molecular formula is C26H25NO6. The molecule has 7 heteroatoms. The largest absolute Gasteiger partial charge is 0.507 e. The number of hydrogen-bond donors (Lipinski definition) is 1. The van der Waals surface area contributed by atoms with Gasteiger partial charge in [-0.3, -0.25) is 14.5 Å². The molecule has 1 saturated heterocycles. The number of hydrogen-bond acceptors (Lipinski definition) is 6. The molecule has 0 bridgehead atoms. The van der Waals surface area contributed by atoms with Crippen LogP contribution in [0.5, 0.6) is 11.5 Å². The number of ketones is 1. The van der Waals surface area contributed by atoms with Crippen molar-refractivity contribution in [1.82, 2.24) is 0 Å². The first kappa shape index (κ1) is 22.2. The zero-order chi connectivity index (χ0) is 23.7. The van der Waals surface area contributed by atoms with Crippen molar-refractivity contribution in [2.45, 2.75) is 26.8 Å². The number of anilines is 1. The first-order valence-electron chi connectivity index (χ1n) is 10.6. The highest BCUT2D eigenvalue weighted by Crippen LogP contribution is 2.44. The predicted molar refractivity (Wildman–Crippen MR) is 124 cm³/mol. The van der Waals surface area contributed by atoms with E-state index in [2.05, 4.69) is 0 Å². The summed E-state index contributed by atoms with van der Waals surface area (Å²) in [6.45, 7) is 6.03. The van der Waals surface area contributed by atoms with Gasteiger partial charge in [0.15, 0.2) is 0 Å². The topological polar surface area (TPSA) is 89.2 Å². The van der Waals surface area contributed by atoms with Crippen LogP contribution >= 0.6 is 0 Å². The summed E-state index contributed by atoms with van der Waals surface area (Å²) in [6.07, 6.45) is 0. The van der Waals surface area contributed by atoms with E-state index in [1.165, 1.54) is 12.0 Å². The summed E-state index contributed by atoms with van der Waals surface area (Å²) >= 11 is 0. The number of carbonyl (C=O) groups is 2. The van der Waals surface area contributed by atoms with Gasteiger partial charge in [-0.1, -0.05) is 11.6 Å². The lowest BCUT2D eigenvalue weighted by Gasteiger charge is -2.23. The average molecular weight is 447 g/mol. The fourth-order valence-corrected chi connectivity index (χ4v) is 3.99. The number of ether oxygens (including phenoxy) is 2. The molecule has 2 aromatic carbocycles. The molecule has 1 aliphatic heterocycles. The summed E-state index contributed by atoms with van der Waals surface area (Å²) in [6, 6.07) is 14.6. The number of rotatable bonds is 6. The van der Waals surface area contributed by atoms with Gasteiger partial charge < -0.3 is 19.0 Å². The number of aliphatic hydroxyl groups is 1. The Morgan fingerprint density at radius 2 is 1.79 bits per heavy atom. The molecule has 1 N–H and O–H groups in total. The van der Waals surface area contributed by atoms with E-state index in [-0.39, 0.29) is 11.3 Å². The summed E-state index contributed by atoms with van der Waals surface area (Å²) in [5, 5.41) is 11.3. The van der Waals surface area contributed by atoms with Gasteiger partial charge in [0.1, 0.15) is 34.8 Å². The van der Waals surface area contributed by atoms with Gasteiger partial charge in [-0.2, -0.15) is 0 Å². The lowest BCUT2D eigenvalue weighted by atomic mass is 9.97. The Morgan fingerprint density at radius 3 is 2.39 bits per heavy atom. The van der Waals surface area contributed by atoms with Crippen molar-refractivity contribution in [3.8, 4) is 11.5 Å². The van der Waals surface area contributed by atoms with E-state index in [1.54, 1.807) is 55.5 Å². The summed E-state index contributed by atoms with van der Waals surface area (Å²) < 4.78 is 16.7. The summed E-state index contributed by atoms with van der Waals surface area (Å²) in [7, 11) is 1.48. The van der Waals surface area contributed by atoms with Crippen molar-refractivity contribution in [3.05, 3.63) is 82.8 Å². The Labute approximate surface area is 191 Å². The molecule has 4 rings (SSSR count). The molecule has 33 heavy (non-hydrogen) atoms. The van der Waals surface area contributed by atoms with E-state index in [9.17, 15) is 14.7 Å². The molecule has 1 aliphatic rings. The van der Waals surface area contributed by atoms with Gasteiger partial charge in [0.05, 0.1) is 24.9 Å². The molecular weight excluding hydrogens is 422 g/mol. The van der Waals surface area contributed by atoms with Crippen molar-refractivity contribution >= 4 is 23.1 Å². The normalized spacial score (nSPS) is 17.5. The van der Waals surface area contributed by atoms with E-state index < -0.39 is 17.7 Å². The van der Waals surface area contributed by atoms with Crippen molar-refractivity contribution in [2.75, 3.05) is 18.6 Å². The van der Waals surface area contributed by atoms with Crippen molar-refractivity contribution < 1.29 is 28.6 Å². The molecule has 0 saturated carbocycles. The first-order valence-corrected chi connectivity index (χ1v) is 10.6. The molecule has 3 aromatic rings. The zero-order valence-electron chi connectivity index (χ0n) is 18.9. The number of nitrogens with zero attached hydrogens (tertiary/aromatic N) is 1. The van der Waals surface area contributed by atoms with Crippen molar-refractivity contribution in [2.24, 2.45) is 0 Å². The fraction of sp³-hybridized carbons (Fsp3) is 0.231. The molecule has 1 atom stereocenters. The smallest absolute Gasteiger partial charge is 0.300 e. The lowest BCUT2D eigenvalue weighted by Crippen LogP contribution is -2.29. The number of methoxy groups -OCH3 is 1. The molecule has 7 nitrogen and oxygen atoms in total. The highest BCUT2D eigenvalue weighted by molar-refractivity contribution is 6.51. The van der Waals surface area contributed by atoms with E-state index in [4.69, 9.17) is 13.9 Å². The van der Waals surface area contributed by atoms with E-state index in [0.717, 1.165) is 5.56 Å². The Morgan fingerprint density at radius 1 is 1.06 bits per heavy atom. The van der Waals surface area contributed by atoms with Gasteiger partial charge in [0.25, 0.3) is 11.7 Å². The van der Waals surface area contributed by atoms with Crippen LogP contribution in [0.25, 0.3) is 5.76 Å². The maximum Gasteiger partial charge on any atom is 0.300 e. The number of Topliss-reactive ketones (excluding diaryl/α,β-unsaturated/α-hetero) is 1. The van der Waals surface area contributed by atoms with E-state index in [0.29, 0.717) is 40.9 Å². The van der Waals surface area contributed by atoms with Crippen LogP contribution in [0, 0.1) is 13.8 Å². The lowest BCUT2D eigenvalue weighted by molar-refractivity contribution is -0.132. The Balaban J connectivity index is 1.91. The molecule has 1 fully saturated rings. The monoisotopic (exact) mass is 447 g/mol. The Kier molecular flexibility index (Phi) is 5.96. The van der Waals surface area contributed by atoms with Crippen LogP contribution in [0.2, 0.25) is 0 Å². The summed E-state index contributed by atoms with van der Waals surface area (Å²) in [5.41, 5.74) is 1.61. The van der Waals surface area contributed by atoms with Crippen LogP contribution in [0.3, 0.4) is 0 Å². The Bertz CT molecular complexity index is 1240. The zero-order valence-corrected chi connectivity index (χ0v) is 18.9. The number of furan rings is 1. The molecule has 2 heterocycles. The predicted octanol–water partition coefficient (Wildman–Crippen LogP) is 4.93. The molecule has 1 unspecified atom stereocenters. The highest BCUT2D eigenvalue weighted by atomic mass is 16.5. The number of amides is 1. The highest BCUT2D eigenvalue weighted by Gasteiger charge is 2.48. The second-order valence-corrected chi connectivity index (χ2v) is 7.75. The van der Waals surface area contributed by atoms with Crippen LogP contribution in [-0.4, -0.2) is 30.5 Å². The molecule has 1 aromatic heterocycles. The Hall–Kier alpha value is -4.00. The maximum atomic E-state index is 13.2. The quantitative estimate of drug-likeness (QED) is 0.327. The van der Waals surface area contributed by atoms with Crippen LogP contribution in [0.1, 0.15) is 35.6 Å². The van der Waals surface area contributed by atoms with Crippen LogP contribution in [0.15, 0.2) is 64.6 Å². The number of aryl methyl sites for hydroxylation is 2. The van der Waals surface area contributed by atoms with E-state index in [1.807, 2.05) is 19.9 Å². The average Bonchev–Trinajstić information content (AvgIpc) is 3.35. The van der Waals surface area contributed by atoms with Gasteiger partial charge in [0.2, 0.25) is 0 Å². The minimum Gasteiger partial charge on any atom is -0.507 e. The van der Waals surface area contributed by atoms with Crippen LogP contribution < -0.4 is 14.4 Å². The van der Waals surface area contributed by atoms with Crippen molar-refractivity contribution in [3.63, 3.8) is 0 Å².